The number of para-hydroxylation sites is 2. The van der Waals surface area contributed by atoms with Crippen LogP contribution in [-0.4, -0.2) is 57.0 Å². The summed E-state index contributed by atoms with van der Waals surface area (Å²) < 4.78 is 2.54. The number of carbonyl (C=O) groups excluding carboxylic acids is 1. The third kappa shape index (κ3) is 5.00. The van der Waals surface area contributed by atoms with Crippen molar-refractivity contribution in [1.82, 2.24) is 19.4 Å². The molecule has 0 aliphatic carbocycles. The first-order valence-corrected chi connectivity index (χ1v) is 15.8. The van der Waals surface area contributed by atoms with E-state index in [1.165, 1.54) is 48.7 Å². The Morgan fingerprint density at radius 2 is 1.60 bits per heavy atom. The minimum atomic E-state index is -0.314. The lowest BCUT2D eigenvalue weighted by atomic mass is 9.69. The Hall–Kier alpha value is -2.66. The molecule has 2 bridgehead atoms. The molecule has 5 heteroatoms. The molecule has 214 valence electrons. The number of hydrogen-bond donors (Lipinski definition) is 0. The summed E-state index contributed by atoms with van der Waals surface area (Å²) in [5.41, 5.74) is 5.14. The van der Waals surface area contributed by atoms with Crippen LogP contribution in [0.15, 0.2) is 48.5 Å². The summed E-state index contributed by atoms with van der Waals surface area (Å²) in [7, 11) is 0. The Labute approximate surface area is 241 Å². The fourth-order valence-corrected chi connectivity index (χ4v) is 8.18. The maximum atomic E-state index is 13.1. The van der Waals surface area contributed by atoms with Gasteiger partial charge < -0.3 is 9.47 Å². The molecule has 3 saturated heterocycles. The van der Waals surface area contributed by atoms with Crippen molar-refractivity contribution in [1.29, 1.82) is 0 Å². The molecule has 4 heterocycles. The van der Waals surface area contributed by atoms with E-state index in [0.29, 0.717) is 24.0 Å². The van der Waals surface area contributed by atoms with Crippen molar-refractivity contribution in [3.63, 3.8) is 0 Å². The molecule has 1 aromatic heterocycles. The van der Waals surface area contributed by atoms with E-state index in [1.807, 2.05) is 20.8 Å². The number of nitrogens with zero attached hydrogens (tertiary/aromatic N) is 4. The highest BCUT2D eigenvalue weighted by molar-refractivity contribution is 5.81. The summed E-state index contributed by atoms with van der Waals surface area (Å²) in [6.07, 6.45) is 9.47. The highest BCUT2D eigenvalue weighted by Gasteiger charge is 2.44. The Bertz CT molecular complexity index is 1330. The Kier molecular flexibility index (Phi) is 7.31. The molecule has 6 rings (SSSR count). The van der Waals surface area contributed by atoms with Gasteiger partial charge in [0.05, 0.1) is 11.0 Å². The number of piperidine rings is 2. The number of carbonyl (C=O) groups is 1. The van der Waals surface area contributed by atoms with Crippen molar-refractivity contribution < 1.29 is 4.79 Å². The fraction of sp³-hybridized carbons (Fsp3) is 0.600. The van der Waals surface area contributed by atoms with Gasteiger partial charge in [0.15, 0.2) is 0 Å². The molecule has 2 aromatic carbocycles. The van der Waals surface area contributed by atoms with E-state index in [1.54, 1.807) is 0 Å². The van der Waals surface area contributed by atoms with Crippen LogP contribution in [0.1, 0.15) is 95.6 Å². The van der Waals surface area contributed by atoms with Gasteiger partial charge in [0.2, 0.25) is 5.91 Å². The highest BCUT2D eigenvalue weighted by atomic mass is 16.2. The quantitative estimate of drug-likeness (QED) is 0.336. The van der Waals surface area contributed by atoms with Crippen molar-refractivity contribution in [3.05, 3.63) is 65.5 Å². The minimum Gasteiger partial charge on any atom is -0.342 e. The van der Waals surface area contributed by atoms with Crippen molar-refractivity contribution in [3.8, 4) is 0 Å². The number of aromatic nitrogens is 2. The third-order valence-electron chi connectivity index (χ3n) is 10.5. The van der Waals surface area contributed by atoms with Crippen LogP contribution in [0.2, 0.25) is 0 Å². The van der Waals surface area contributed by atoms with Gasteiger partial charge in [-0.3, -0.25) is 9.69 Å². The molecule has 3 fully saturated rings. The van der Waals surface area contributed by atoms with E-state index in [0.717, 1.165) is 50.2 Å². The monoisotopic (exact) mass is 540 g/mol. The predicted molar refractivity (Wildman–Crippen MR) is 164 cm³/mol. The van der Waals surface area contributed by atoms with E-state index in [-0.39, 0.29) is 10.8 Å². The number of amides is 1. The average Bonchev–Trinajstić information content (AvgIpc) is 3.41. The SMILES string of the molecule is CCc1ccc(C2(CCN3[C@@H]4CC[C@H]3CC(n3c(C)nc5ccccc53)C4)CCN(C(=O)C(C)(C)C)CC2)cc1. The zero-order valence-electron chi connectivity index (χ0n) is 25.3. The molecular formula is C35H48N4O. The van der Waals surface area contributed by atoms with E-state index < -0.39 is 0 Å². The minimum absolute atomic E-state index is 0.147. The first-order chi connectivity index (χ1) is 19.2. The standard InChI is InChI=1S/C35H48N4O/c1-6-26-11-13-27(14-12-26)35(17-20-37(21-18-35)33(40)34(3,4)5)19-22-38-28-15-16-29(38)24-30(23-28)39-25(2)36-31-9-7-8-10-32(31)39/h7-14,28-30H,6,15-24H2,1-5H3/t28-,29+,30?. The van der Waals surface area contributed by atoms with E-state index in [9.17, 15) is 4.79 Å². The number of hydrogen-bond acceptors (Lipinski definition) is 3. The van der Waals surface area contributed by atoms with Crippen LogP contribution < -0.4 is 0 Å². The van der Waals surface area contributed by atoms with Crippen molar-refractivity contribution >= 4 is 16.9 Å². The maximum absolute atomic E-state index is 13.1. The van der Waals surface area contributed by atoms with E-state index in [2.05, 4.69) is 76.7 Å². The van der Waals surface area contributed by atoms with Gasteiger partial charge in [-0.25, -0.2) is 4.98 Å². The van der Waals surface area contributed by atoms with Crippen LogP contribution in [0.25, 0.3) is 11.0 Å². The molecule has 0 N–H and O–H groups in total. The fourth-order valence-electron chi connectivity index (χ4n) is 8.18. The van der Waals surface area contributed by atoms with Crippen LogP contribution in [0.4, 0.5) is 0 Å². The summed E-state index contributed by atoms with van der Waals surface area (Å²) in [6, 6.07) is 20.0. The lowest BCUT2D eigenvalue weighted by Crippen LogP contribution is -2.50. The number of benzene rings is 2. The molecule has 0 saturated carbocycles. The molecule has 1 unspecified atom stereocenters. The molecule has 5 nitrogen and oxygen atoms in total. The Morgan fingerprint density at radius 1 is 0.950 bits per heavy atom. The summed E-state index contributed by atoms with van der Waals surface area (Å²) in [5, 5.41) is 0. The summed E-state index contributed by atoms with van der Waals surface area (Å²) in [6.45, 7) is 13.5. The normalized spacial score (nSPS) is 25.0. The number of fused-ring (bicyclic) bond motifs is 3. The van der Waals surface area contributed by atoms with Gasteiger partial charge in [-0.1, -0.05) is 64.1 Å². The molecular weight excluding hydrogens is 492 g/mol. The zero-order valence-corrected chi connectivity index (χ0v) is 25.3. The van der Waals surface area contributed by atoms with Crippen molar-refractivity contribution in [2.75, 3.05) is 19.6 Å². The maximum Gasteiger partial charge on any atom is 0.227 e. The van der Waals surface area contributed by atoms with Crippen LogP contribution in [0.5, 0.6) is 0 Å². The summed E-state index contributed by atoms with van der Waals surface area (Å²) in [5.74, 6) is 1.45. The average molecular weight is 541 g/mol. The van der Waals surface area contributed by atoms with Gasteiger partial charge in [-0.2, -0.15) is 0 Å². The second-order valence-corrected chi connectivity index (χ2v) is 13.9. The molecule has 0 spiro atoms. The number of aryl methyl sites for hydroxylation is 2. The molecule has 3 aliphatic heterocycles. The first-order valence-electron chi connectivity index (χ1n) is 15.8. The van der Waals surface area contributed by atoms with Gasteiger partial charge in [0.1, 0.15) is 5.82 Å². The molecule has 3 atom stereocenters. The molecule has 0 radical (unpaired) electrons. The van der Waals surface area contributed by atoms with Crippen LogP contribution in [-0.2, 0) is 16.6 Å². The third-order valence-corrected chi connectivity index (χ3v) is 10.5. The Morgan fingerprint density at radius 3 is 2.23 bits per heavy atom. The van der Waals surface area contributed by atoms with Gasteiger partial charge in [0.25, 0.3) is 0 Å². The predicted octanol–water partition coefficient (Wildman–Crippen LogP) is 7.07. The van der Waals surface area contributed by atoms with Crippen molar-refractivity contribution in [2.45, 2.75) is 110 Å². The largest absolute Gasteiger partial charge is 0.342 e. The highest BCUT2D eigenvalue weighted by Crippen LogP contribution is 2.45. The van der Waals surface area contributed by atoms with Crippen LogP contribution in [0, 0.1) is 12.3 Å². The van der Waals surface area contributed by atoms with Crippen LogP contribution in [0.3, 0.4) is 0 Å². The van der Waals surface area contributed by atoms with Crippen LogP contribution >= 0.6 is 0 Å². The van der Waals surface area contributed by atoms with Gasteiger partial charge in [0, 0.05) is 36.6 Å². The summed E-state index contributed by atoms with van der Waals surface area (Å²) >= 11 is 0. The Balaban J connectivity index is 1.19. The van der Waals surface area contributed by atoms with Gasteiger partial charge in [-0.15, -0.1) is 0 Å². The van der Waals surface area contributed by atoms with Crippen molar-refractivity contribution in [2.24, 2.45) is 5.41 Å². The number of imidazole rings is 1. The molecule has 3 aliphatic rings. The zero-order chi connectivity index (χ0) is 28.1. The summed E-state index contributed by atoms with van der Waals surface area (Å²) in [4.78, 5) is 23.0. The molecule has 3 aromatic rings. The van der Waals surface area contributed by atoms with E-state index in [4.69, 9.17) is 4.98 Å². The topological polar surface area (TPSA) is 41.4 Å². The molecule has 40 heavy (non-hydrogen) atoms. The molecule has 1 amide bonds. The number of rotatable bonds is 6. The van der Waals surface area contributed by atoms with E-state index >= 15 is 0 Å². The second kappa shape index (κ2) is 10.6. The van der Waals surface area contributed by atoms with Gasteiger partial charge in [-0.05, 0) is 93.5 Å². The smallest absolute Gasteiger partial charge is 0.227 e. The lowest BCUT2D eigenvalue weighted by Gasteiger charge is -2.46. The first kappa shape index (κ1) is 27.5. The van der Waals surface area contributed by atoms with Gasteiger partial charge >= 0.3 is 0 Å². The second-order valence-electron chi connectivity index (χ2n) is 13.9. The number of likely N-dealkylation sites (tertiary alicyclic amines) is 1. The lowest BCUT2D eigenvalue weighted by molar-refractivity contribution is -0.141.